The lowest BCUT2D eigenvalue weighted by atomic mass is 9.83. The molecule has 3 rings (SSSR count). The van der Waals surface area contributed by atoms with E-state index in [0.717, 1.165) is 25.7 Å². The molecule has 1 aliphatic carbocycles. The fourth-order valence-corrected chi connectivity index (χ4v) is 5.83. The highest BCUT2D eigenvalue weighted by molar-refractivity contribution is 5.90. The van der Waals surface area contributed by atoms with Crippen LogP contribution in [0.4, 0.5) is 4.79 Å². The van der Waals surface area contributed by atoms with E-state index >= 15 is 0 Å². The molecule has 2 heterocycles. The zero-order valence-electron chi connectivity index (χ0n) is 20.0. The van der Waals surface area contributed by atoms with Gasteiger partial charge in [-0.15, -0.1) is 4.48 Å². The van der Waals surface area contributed by atoms with Gasteiger partial charge < -0.3 is 15.2 Å². The lowest BCUT2D eigenvalue weighted by molar-refractivity contribution is -0.791. The number of quaternary nitrogens is 1. The molecule has 10 nitrogen and oxygen atoms in total. The monoisotopic (exact) mass is 468 g/mol. The second-order valence-corrected chi connectivity index (χ2v) is 11.1. The molecule has 1 unspecified atom stereocenters. The van der Waals surface area contributed by atoms with Crippen molar-refractivity contribution in [3.8, 4) is 0 Å². The van der Waals surface area contributed by atoms with Crippen molar-refractivity contribution in [1.82, 2.24) is 5.06 Å². The minimum absolute atomic E-state index is 0.0682. The Balaban J connectivity index is 1.96. The average Bonchev–Trinajstić information content (AvgIpc) is 3.34. The number of hydroxylamine groups is 2. The second kappa shape index (κ2) is 9.68. The Morgan fingerprint density at radius 3 is 2.39 bits per heavy atom. The van der Waals surface area contributed by atoms with Crippen molar-refractivity contribution in [2.75, 3.05) is 32.9 Å². The molecule has 0 aromatic rings. The van der Waals surface area contributed by atoms with E-state index in [4.69, 9.17) is 15.2 Å². The first-order valence-electron chi connectivity index (χ1n) is 11.8. The Labute approximate surface area is 194 Å². The van der Waals surface area contributed by atoms with Crippen molar-refractivity contribution in [3.63, 3.8) is 0 Å². The van der Waals surface area contributed by atoms with E-state index in [1.54, 1.807) is 0 Å². The summed E-state index contributed by atoms with van der Waals surface area (Å²) in [6.45, 7) is 6.36. The van der Waals surface area contributed by atoms with E-state index in [9.17, 15) is 24.4 Å². The molecule has 10 heteroatoms. The molecular weight excluding hydrogens is 430 g/mol. The normalized spacial score (nSPS) is 29.2. The van der Waals surface area contributed by atoms with Crippen molar-refractivity contribution in [1.29, 1.82) is 0 Å². The summed E-state index contributed by atoms with van der Waals surface area (Å²) in [5.74, 6) is -1.83. The smallest absolute Gasteiger partial charge is 0.419 e. The third-order valence-electron chi connectivity index (χ3n) is 7.69. The summed E-state index contributed by atoms with van der Waals surface area (Å²) in [5.41, 5.74) is 4.75. The molecule has 1 saturated carbocycles. The van der Waals surface area contributed by atoms with Gasteiger partial charge in [-0.25, -0.2) is 9.86 Å². The molecule has 186 valence electrons. The summed E-state index contributed by atoms with van der Waals surface area (Å²) < 4.78 is 10.1. The summed E-state index contributed by atoms with van der Waals surface area (Å²) in [5, 5.41) is 10.4. The summed E-state index contributed by atoms with van der Waals surface area (Å²) >= 11 is 0. The number of nitrogens with two attached hydrogens (primary N) is 1. The molecule has 33 heavy (non-hydrogen) atoms. The molecule has 0 radical (unpaired) electrons. The molecule has 0 aromatic heterocycles. The fourth-order valence-electron chi connectivity index (χ4n) is 5.83. The van der Waals surface area contributed by atoms with E-state index in [-0.39, 0.29) is 37.4 Å². The van der Waals surface area contributed by atoms with Gasteiger partial charge in [-0.3, -0.25) is 14.8 Å². The number of amides is 4. The number of likely N-dealkylation sites (tertiary alicyclic amines) is 1. The van der Waals surface area contributed by atoms with Crippen molar-refractivity contribution in [3.05, 3.63) is 0 Å². The Morgan fingerprint density at radius 1 is 1.24 bits per heavy atom. The highest BCUT2D eigenvalue weighted by Gasteiger charge is 2.66. The lowest BCUT2D eigenvalue weighted by Crippen LogP contribution is -2.68. The van der Waals surface area contributed by atoms with Crippen LogP contribution in [0.3, 0.4) is 0 Å². The van der Waals surface area contributed by atoms with Gasteiger partial charge in [0.1, 0.15) is 6.61 Å². The number of imide groups is 1. The minimum atomic E-state index is -1.10. The maximum absolute atomic E-state index is 14.1. The zero-order chi connectivity index (χ0) is 24.4. The van der Waals surface area contributed by atoms with E-state index < -0.39 is 39.8 Å². The Morgan fingerprint density at radius 2 is 1.88 bits per heavy atom. The molecule has 4 amide bonds. The van der Waals surface area contributed by atoms with Gasteiger partial charge >= 0.3 is 12.0 Å². The van der Waals surface area contributed by atoms with Crippen LogP contribution in [0.15, 0.2) is 0 Å². The molecule has 3 N–H and O–H groups in total. The van der Waals surface area contributed by atoms with Crippen molar-refractivity contribution in [2.24, 2.45) is 28.4 Å². The number of carbonyl (C=O) groups is 4. The lowest BCUT2D eigenvalue weighted by Gasteiger charge is -2.40. The van der Waals surface area contributed by atoms with E-state index in [1.165, 1.54) is 0 Å². The molecular formula is C23H38N3O7+. The van der Waals surface area contributed by atoms with Gasteiger partial charge in [-0.1, -0.05) is 46.5 Å². The number of rotatable bonds is 9. The van der Waals surface area contributed by atoms with Gasteiger partial charge in [0, 0.05) is 17.3 Å². The van der Waals surface area contributed by atoms with Crippen LogP contribution < -0.4 is 5.73 Å². The molecule has 0 aromatic carbocycles. The van der Waals surface area contributed by atoms with E-state index in [2.05, 4.69) is 0 Å². The van der Waals surface area contributed by atoms with Gasteiger partial charge in [0.05, 0.1) is 32.2 Å². The Bertz CT molecular complexity index is 776. The zero-order valence-corrected chi connectivity index (χ0v) is 20.0. The van der Waals surface area contributed by atoms with Crippen LogP contribution in [-0.4, -0.2) is 78.0 Å². The van der Waals surface area contributed by atoms with Gasteiger partial charge in [0.25, 0.3) is 5.91 Å². The fraction of sp³-hybridized carbons (Fsp3) is 0.826. The number of ether oxygens (including phenoxy) is 2. The third-order valence-corrected chi connectivity index (χ3v) is 7.69. The second-order valence-electron chi connectivity index (χ2n) is 11.1. The highest BCUT2D eigenvalue weighted by atomic mass is 16.6. The number of nitrogens with zero attached hydrogens (tertiary/aromatic N) is 2. The van der Waals surface area contributed by atoms with Crippen LogP contribution in [0.2, 0.25) is 0 Å². The summed E-state index contributed by atoms with van der Waals surface area (Å²) in [4.78, 5) is 51.6. The molecule has 0 spiro atoms. The van der Waals surface area contributed by atoms with Crippen molar-refractivity contribution >= 4 is 24.3 Å². The average molecular weight is 469 g/mol. The standard InChI is InChI=1S/C23H37N3O7/c1-22(2)8-9-26(18(22)19(24)28,21(30)33-14-23(3)12-32-13-23)20(29)17(11-25(31)15-27)10-16-6-4-5-7-16/h15-18,31H,4-14H2,1-3H3,(H-,24,28)/p+1/t17-,18-,26?/m1/s1. The first kappa shape index (κ1) is 25.6. The number of primary amides is 1. The third kappa shape index (κ3) is 5.07. The van der Waals surface area contributed by atoms with Crippen LogP contribution in [0.25, 0.3) is 0 Å². The van der Waals surface area contributed by atoms with Gasteiger partial charge in [0.15, 0.2) is 6.04 Å². The van der Waals surface area contributed by atoms with E-state index in [0.29, 0.717) is 31.1 Å². The van der Waals surface area contributed by atoms with Gasteiger partial charge in [-0.2, -0.15) is 4.79 Å². The van der Waals surface area contributed by atoms with Crippen LogP contribution in [0.5, 0.6) is 0 Å². The summed E-state index contributed by atoms with van der Waals surface area (Å²) in [6, 6.07) is -1.10. The van der Waals surface area contributed by atoms with Crippen LogP contribution in [0.1, 0.15) is 59.3 Å². The topological polar surface area (TPSA) is 136 Å². The predicted molar refractivity (Wildman–Crippen MR) is 116 cm³/mol. The maximum Gasteiger partial charge on any atom is 0.524 e. The number of hydrogen-bond donors (Lipinski definition) is 2. The molecule has 3 atom stereocenters. The first-order valence-corrected chi connectivity index (χ1v) is 11.8. The van der Waals surface area contributed by atoms with Crippen LogP contribution in [-0.2, 0) is 23.9 Å². The SMILES string of the molecule is CC1(COC(=O)[N+]2(C(=O)[C@H](CC3CCCC3)CN(O)C=O)CCC(C)(C)[C@H]2C(N)=O)COC1. The number of hydrogen-bond acceptors (Lipinski definition) is 7. The Kier molecular flexibility index (Phi) is 7.50. The van der Waals surface area contributed by atoms with E-state index in [1.807, 2.05) is 20.8 Å². The molecule has 3 aliphatic rings. The molecule has 0 bridgehead atoms. The maximum atomic E-state index is 14.1. The minimum Gasteiger partial charge on any atom is -0.419 e. The largest absolute Gasteiger partial charge is 0.524 e. The summed E-state index contributed by atoms with van der Waals surface area (Å²) in [6.07, 6.45) is 4.31. The first-order chi connectivity index (χ1) is 15.4. The molecule has 2 saturated heterocycles. The van der Waals surface area contributed by atoms with Crippen LogP contribution in [0, 0.1) is 22.7 Å². The Hall–Kier alpha value is -2.04. The van der Waals surface area contributed by atoms with Crippen molar-refractivity contribution < 1.29 is 38.3 Å². The predicted octanol–water partition coefficient (Wildman–Crippen LogP) is 1.83. The van der Waals surface area contributed by atoms with Gasteiger partial charge in [-0.05, 0) is 12.3 Å². The van der Waals surface area contributed by atoms with Crippen molar-refractivity contribution in [2.45, 2.75) is 65.3 Å². The molecule has 3 fully saturated rings. The highest BCUT2D eigenvalue weighted by Crippen LogP contribution is 2.45. The quantitative estimate of drug-likeness (QED) is 0.228. The van der Waals surface area contributed by atoms with Crippen LogP contribution >= 0.6 is 0 Å². The number of carbonyl (C=O) groups excluding carboxylic acids is 4. The van der Waals surface area contributed by atoms with Gasteiger partial charge in [0.2, 0.25) is 6.41 Å². The molecule has 2 aliphatic heterocycles. The summed E-state index contributed by atoms with van der Waals surface area (Å²) in [7, 11) is 0.